The van der Waals surface area contributed by atoms with Crippen molar-refractivity contribution in [1.29, 1.82) is 0 Å². The van der Waals surface area contributed by atoms with Gasteiger partial charge in [-0.2, -0.15) is 0 Å². The molecule has 30 heavy (non-hydrogen) atoms. The van der Waals surface area contributed by atoms with Gasteiger partial charge in [0.1, 0.15) is 6.04 Å². The molecule has 5 heteroatoms. The quantitative estimate of drug-likeness (QED) is 0.556. The number of hydrogen-bond donors (Lipinski definition) is 1. The number of hydrogen-bond acceptors (Lipinski definition) is 2. The van der Waals surface area contributed by atoms with Gasteiger partial charge < -0.3 is 10.2 Å². The fourth-order valence-electron chi connectivity index (χ4n) is 3.59. The van der Waals surface area contributed by atoms with Crippen LogP contribution in [0.15, 0.2) is 66.7 Å². The Morgan fingerprint density at radius 3 is 2.43 bits per heavy atom. The topological polar surface area (TPSA) is 49.4 Å². The lowest BCUT2D eigenvalue weighted by atomic mass is 10.0. The van der Waals surface area contributed by atoms with Gasteiger partial charge in [0, 0.05) is 24.5 Å². The molecule has 1 atom stereocenters. The minimum atomic E-state index is -0.555. The fourth-order valence-corrected chi connectivity index (χ4v) is 3.71. The van der Waals surface area contributed by atoms with Crippen LogP contribution in [0.4, 0.5) is 0 Å². The largest absolute Gasteiger partial charge is 0.355 e. The first-order valence-corrected chi connectivity index (χ1v) is 10.7. The van der Waals surface area contributed by atoms with Crippen LogP contribution in [0, 0.1) is 0 Å². The highest BCUT2D eigenvalue weighted by atomic mass is 35.5. The van der Waals surface area contributed by atoms with Crippen molar-refractivity contribution in [1.82, 2.24) is 10.2 Å². The van der Waals surface area contributed by atoms with Crippen molar-refractivity contribution < 1.29 is 9.59 Å². The molecule has 0 saturated carbocycles. The summed E-state index contributed by atoms with van der Waals surface area (Å²) in [6, 6.07) is 21.1. The molecule has 1 unspecified atom stereocenters. The summed E-state index contributed by atoms with van der Waals surface area (Å²) < 4.78 is 0. The third kappa shape index (κ3) is 5.39. The Labute approximate surface area is 182 Å². The van der Waals surface area contributed by atoms with E-state index in [-0.39, 0.29) is 11.8 Å². The predicted octanol–water partition coefficient (Wildman–Crippen LogP) is 4.98. The summed E-state index contributed by atoms with van der Waals surface area (Å²) in [5.74, 6) is -0.193. The van der Waals surface area contributed by atoms with Crippen LogP contribution < -0.4 is 5.32 Å². The minimum Gasteiger partial charge on any atom is -0.355 e. The summed E-state index contributed by atoms with van der Waals surface area (Å²) in [7, 11) is 0. The van der Waals surface area contributed by atoms with E-state index in [0.29, 0.717) is 31.0 Å². The summed E-state index contributed by atoms with van der Waals surface area (Å²) in [6.45, 7) is 4.54. The molecule has 0 saturated heterocycles. The van der Waals surface area contributed by atoms with Gasteiger partial charge in [0.05, 0.1) is 0 Å². The van der Waals surface area contributed by atoms with Crippen LogP contribution in [-0.4, -0.2) is 29.3 Å². The first-order valence-electron chi connectivity index (χ1n) is 10.3. The molecule has 3 aromatic rings. The summed E-state index contributed by atoms with van der Waals surface area (Å²) >= 11 is 5.99. The molecular formula is C25H27ClN2O2. The predicted molar refractivity (Wildman–Crippen MR) is 122 cm³/mol. The molecule has 3 rings (SSSR count). The first-order chi connectivity index (χ1) is 14.5. The van der Waals surface area contributed by atoms with Crippen molar-refractivity contribution in [3.63, 3.8) is 0 Å². The van der Waals surface area contributed by atoms with Crippen molar-refractivity contribution >= 4 is 34.2 Å². The maximum absolute atomic E-state index is 13.2. The van der Waals surface area contributed by atoms with E-state index < -0.39 is 6.04 Å². The Kier molecular flexibility index (Phi) is 7.47. The van der Waals surface area contributed by atoms with Crippen LogP contribution in [0.3, 0.4) is 0 Å². The lowest BCUT2D eigenvalue weighted by Crippen LogP contribution is -2.47. The molecule has 0 spiro atoms. The van der Waals surface area contributed by atoms with Crippen LogP contribution in [0.2, 0.25) is 5.02 Å². The van der Waals surface area contributed by atoms with Crippen molar-refractivity contribution in [2.45, 2.75) is 39.3 Å². The first kappa shape index (κ1) is 21.8. The lowest BCUT2D eigenvalue weighted by molar-refractivity contribution is -0.140. The summed E-state index contributed by atoms with van der Waals surface area (Å²) in [5, 5.41) is 5.79. The van der Waals surface area contributed by atoms with E-state index in [2.05, 4.69) is 29.6 Å². The van der Waals surface area contributed by atoms with Crippen molar-refractivity contribution in [3.8, 4) is 0 Å². The van der Waals surface area contributed by atoms with E-state index in [4.69, 9.17) is 11.6 Å². The number of fused-ring (bicyclic) bond motifs is 1. The fraction of sp³-hybridized carbons (Fsp3) is 0.280. The third-order valence-electron chi connectivity index (χ3n) is 5.27. The third-order valence-corrected chi connectivity index (χ3v) is 5.52. The number of nitrogens with zero attached hydrogens (tertiary/aromatic N) is 1. The molecule has 0 heterocycles. The second-order valence-electron chi connectivity index (χ2n) is 7.36. The molecule has 0 aliphatic rings. The molecule has 2 amide bonds. The van der Waals surface area contributed by atoms with Gasteiger partial charge >= 0.3 is 0 Å². The number of nitrogens with one attached hydrogen (secondary N) is 1. The van der Waals surface area contributed by atoms with E-state index >= 15 is 0 Å². The average Bonchev–Trinajstić information content (AvgIpc) is 2.76. The van der Waals surface area contributed by atoms with Crippen molar-refractivity contribution in [2.24, 2.45) is 0 Å². The molecule has 3 aromatic carbocycles. The molecule has 0 fully saturated rings. The average molecular weight is 423 g/mol. The second-order valence-corrected chi connectivity index (χ2v) is 7.79. The maximum atomic E-state index is 13.2. The highest BCUT2D eigenvalue weighted by molar-refractivity contribution is 6.30. The lowest BCUT2D eigenvalue weighted by Gasteiger charge is -2.29. The number of likely N-dealkylation sites (N-methyl/N-ethyl adjacent to an activating group) is 1. The SMILES string of the molecule is CCNC(=O)C(C)N(Cc1ccc(Cl)cc1)C(=O)CCc1cccc2ccccc12. The van der Waals surface area contributed by atoms with E-state index in [1.54, 1.807) is 24.0 Å². The van der Waals surface area contributed by atoms with Gasteiger partial charge in [0.15, 0.2) is 0 Å². The monoisotopic (exact) mass is 422 g/mol. The summed E-state index contributed by atoms with van der Waals surface area (Å²) in [4.78, 5) is 27.3. The maximum Gasteiger partial charge on any atom is 0.242 e. The Hall–Kier alpha value is -2.85. The minimum absolute atomic E-state index is 0.0448. The zero-order chi connectivity index (χ0) is 21.5. The zero-order valence-corrected chi connectivity index (χ0v) is 18.2. The molecule has 1 N–H and O–H groups in total. The van der Waals surface area contributed by atoms with Gasteiger partial charge in [-0.25, -0.2) is 0 Å². The number of rotatable bonds is 8. The second kappa shape index (κ2) is 10.3. The molecule has 0 aliphatic heterocycles. The van der Waals surface area contributed by atoms with E-state index in [1.807, 2.05) is 37.3 Å². The number of aryl methyl sites for hydroxylation is 1. The number of carbonyl (C=O) groups excluding carboxylic acids is 2. The van der Waals surface area contributed by atoms with Crippen molar-refractivity contribution in [3.05, 3.63) is 82.9 Å². The smallest absolute Gasteiger partial charge is 0.242 e. The number of halogens is 1. The Morgan fingerprint density at radius 2 is 1.70 bits per heavy atom. The Morgan fingerprint density at radius 1 is 1.00 bits per heavy atom. The van der Waals surface area contributed by atoms with Crippen molar-refractivity contribution in [2.75, 3.05) is 6.54 Å². The zero-order valence-electron chi connectivity index (χ0n) is 17.4. The van der Waals surface area contributed by atoms with Crippen LogP contribution in [0.5, 0.6) is 0 Å². The molecule has 4 nitrogen and oxygen atoms in total. The number of amides is 2. The van der Waals surface area contributed by atoms with Crippen LogP contribution >= 0.6 is 11.6 Å². The van der Waals surface area contributed by atoms with Crippen LogP contribution in [0.1, 0.15) is 31.4 Å². The van der Waals surface area contributed by atoms with E-state index in [0.717, 1.165) is 21.9 Å². The molecule has 0 aliphatic carbocycles. The van der Waals surface area contributed by atoms with Gasteiger partial charge in [-0.05, 0) is 54.3 Å². The van der Waals surface area contributed by atoms with E-state index in [1.165, 1.54) is 0 Å². The normalized spacial score (nSPS) is 11.8. The molecular weight excluding hydrogens is 396 g/mol. The molecule has 0 bridgehead atoms. The molecule has 156 valence electrons. The van der Waals surface area contributed by atoms with E-state index in [9.17, 15) is 9.59 Å². The van der Waals surface area contributed by atoms with Gasteiger partial charge in [0.25, 0.3) is 0 Å². The Balaban J connectivity index is 1.78. The number of carbonyl (C=O) groups is 2. The van der Waals surface area contributed by atoms with Gasteiger partial charge in [-0.3, -0.25) is 9.59 Å². The van der Waals surface area contributed by atoms with Crippen LogP contribution in [-0.2, 0) is 22.6 Å². The highest BCUT2D eigenvalue weighted by Gasteiger charge is 2.25. The standard InChI is InChI=1S/C25H27ClN2O2/c1-3-27-25(30)18(2)28(17-19-11-14-22(26)15-12-19)24(29)16-13-21-9-6-8-20-7-4-5-10-23(20)21/h4-12,14-15,18H,3,13,16-17H2,1-2H3,(H,27,30). The molecule has 0 radical (unpaired) electrons. The van der Waals surface area contributed by atoms with Gasteiger partial charge in [0.2, 0.25) is 11.8 Å². The molecule has 0 aromatic heterocycles. The summed E-state index contributed by atoms with van der Waals surface area (Å²) in [6.07, 6.45) is 0.963. The Bertz CT molecular complexity index is 1010. The number of benzene rings is 3. The van der Waals surface area contributed by atoms with Gasteiger partial charge in [-0.1, -0.05) is 66.2 Å². The van der Waals surface area contributed by atoms with Crippen LogP contribution in [0.25, 0.3) is 10.8 Å². The highest BCUT2D eigenvalue weighted by Crippen LogP contribution is 2.21. The summed E-state index contributed by atoms with van der Waals surface area (Å²) in [5.41, 5.74) is 2.08. The van der Waals surface area contributed by atoms with Gasteiger partial charge in [-0.15, -0.1) is 0 Å².